The van der Waals surface area contributed by atoms with Gasteiger partial charge in [-0.25, -0.2) is 0 Å². The van der Waals surface area contributed by atoms with Crippen molar-refractivity contribution in [2.75, 3.05) is 21.3 Å². The number of methoxy groups -OCH3 is 2. The average Bonchev–Trinajstić information content (AvgIpc) is 2.38. The Labute approximate surface area is 114 Å². The van der Waals surface area contributed by atoms with Crippen LogP contribution in [0, 0.1) is 0 Å². The molecule has 1 aromatic rings. The first kappa shape index (κ1) is 14.9. The summed E-state index contributed by atoms with van der Waals surface area (Å²) < 4.78 is 10.5. The molecule has 0 saturated heterocycles. The van der Waals surface area contributed by atoms with Crippen LogP contribution >= 0.6 is 11.6 Å². The Bertz CT molecular complexity index is 407. The van der Waals surface area contributed by atoms with Crippen LogP contribution in [0.4, 0.5) is 0 Å². The number of hydrogen-bond donors (Lipinski definition) is 1. The van der Waals surface area contributed by atoms with Crippen molar-refractivity contribution >= 4 is 11.6 Å². The van der Waals surface area contributed by atoms with Gasteiger partial charge >= 0.3 is 0 Å². The third-order valence-corrected chi connectivity index (χ3v) is 3.15. The fourth-order valence-corrected chi connectivity index (χ4v) is 2.20. The second-order valence-corrected chi connectivity index (χ2v) is 4.35. The molecule has 4 heteroatoms. The lowest BCUT2D eigenvalue weighted by molar-refractivity contribution is 0.354. The second-order valence-electron chi connectivity index (χ2n) is 3.95. The summed E-state index contributed by atoms with van der Waals surface area (Å²) in [6, 6.07) is 4.09. The van der Waals surface area contributed by atoms with E-state index >= 15 is 0 Å². The molecule has 3 nitrogen and oxygen atoms in total. The summed E-state index contributed by atoms with van der Waals surface area (Å²) in [6.07, 6.45) is 3.82. The Morgan fingerprint density at radius 2 is 2.11 bits per heavy atom. The summed E-state index contributed by atoms with van der Waals surface area (Å²) in [4.78, 5) is 0. The minimum Gasteiger partial charge on any atom is -0.493 e. The van der Waals surface area contributed by atoms with Crippen LogP contribution < -0.4 is 14.8 Å². The van der Waals surface area contributed by atoms with E-state index in [-0.39, 0.29) is 6.04 Å². The first-order valence-corrected chi connectivity index (χ1v) is 6.25. The summed E-state index contributed by atoms with van der Waals surface area (Å²) >= 11 is 6.20. The predicted octanol–water partition coefficient (Wildman–Crippen LogP) is 3.58. The fraction of sp³-hybridized carbons (Fsp3) is 0.429. The van der Waals surface area contributed by atoms with Crippen molar-refractivity contribution in [3.8, 4) is 11.5 Å². The van der Waals surface area contributed by atoms with E-state index < -0.39 is 0 Å². The number of ether oxygens (including phenoxy) is 2. The van der Waals surface area contributed by atoms with Gasteiger partial charge in [0.1, 0.15) is 0 Å². The molecule has 0 saturated carbocycles. The van der Waals surface area contributed by atoms with E-state index in [0.29, 0.717) is 16.5 Å². The highest BCUT2D eigenvalue weighted by Gasteiger charge is 2.15. The highest BCUT2D eigenvalue weighted by Crippen LogP contribution is 2.38. The fourth-order valence-electron chi connectivity index (χ4n) is 1.90. The van der Waals surface area contributed by atoms with Crippen molar-refractivity contribution in [1.82, 2.24) is 5.32 Å². The Balaban J connectivity index is 3.08. The van der Waals surface area contributed by atoms with Gasteiger partial charge < -0.3 is 14.8 Å². The molecule has 0 aliphatic rings. The molecule has 1 unspecified atom stereocenters. The van der Waals surface area contributed by atoms with E-state index in [1.165, 1.54) is 0 Å². The molecule has 0 aromatic heterocycles. The normalized spacial score (nSPS) is 12.0. The van der Waals surface area contributed by atoms with Crippen LogP contribution in [-0.2, 0) is 0 Å². The smallest absolute Gasteiger partial charge is 0.179 e. The molecule has 0 bridgehead atoms. The quantitative estimate of drug-likeness (QED) is 0.768. The summed E-state index contributed by atoms with van der Waals surface area (Å²) in [5.41, 5.74) is 1.09. The predicted molar refractivity (Wildman–Crippen MR) is 75.8 cm³/mol. The van der Waals surface area contributed by atoms with Crippen molar-refractivity contribution in [2.24, 2.45) is 0 Å². The first-order valence-electron chi connectivity index (χ1n) is 5.87. The second kappa shape index (κ2) is 7.29. The van der Waals surface area contributed by atoms with E-state index in [1.54, 1.807) is 14.2 Å². The number of halogens is 1. The maximum atomic E-state index is 6.20. The molecule has 0 radical (unpaired) electrons. The van der Waals surface area contributed by atoms with Gasteiger partial charge in [-0.3, -0.25) is 0 Å². The van der Waals surface area contributed by atoms with Crippen molar-refractivity contribution < 1.29 is 9.47 Å². The molecule has 1 N–H and O–H groups in total. The van der Waals surface area contributed by atoms with Crippen LogP contribution in [0.3, 0.4) is 0 Å². The lowest BCUT2D eigenvalue weighted by atomic mass is 10.0. The number of benzene rings is 1. The maximum Gasteiger partial charge on any atom is 0.179 e. The van der Waals surface area contributed by atoms with Crippen molar-refractivity contribution in [1.29, 1.82) is 0 Å². The monoisotopic (exact) mass is 269 g/mol. The van der Waals surface area contributed by atoms with Gasteiger partial charge in [0.25, 0.3) is 0 Å². The van der Waals surface area contributed by atoms with Gasteiger partial charge in [-0.2, -0.15) is 0 Å². The Kier molecular flexibility index (Phi) is 6.02. The van der Waals surface area contributed by atoms with Crippen LogP contribution in [0.15, 0.2) is 24.8 Å². The SMILES string of the molecule is C=CCCC(NC)c1cc(Cl)c(OC)c(OC)c1. The van der Waals surface area contributed by atoms with Gasteiger partial charge in [0.2, 0.25) is 0 Å². The van der Waals surface area contributed by atoms with Crippen LogP contribution in [0.25, 0.3) is 0 Å². The largest absolute Gasteiger partial charge is 0.493 e. The van der Waals surface area contributed by atoms with Gasteiger partial charge in [0.15, 0.2) is 11.5 Å². The van der Waals surface area contributed by atoms with E-state index in [4.69, 9.17) is 21.1 Å². The Morgan fingerprint density at radius 3 is 2.61 bits per heavy atom. The Morgan fingerprint density at radius 1 is 1.39 bits per heavy atom. The molecule has 1 atom stereocenters. The molecule has 0 amide bonds. The van der Waals surface area contributed by atoms with Crippen molar-refractivity contribution in [2.45, 2.75) is 18.9 Å². The van der Waals surface area contributed by atoms with Crippen molar-refractivity contribution in [3.63, 3.8) is 0 Å². The van der Waals surface area contributed by atoms with Crippen LogP contribution in [0.1, 0.15) is 24.4 Å². The molecule has 0 aliphatic heterocycles. The maximum absolute atomic E-state index is 6.20. The lowest BCUT2D eigenvalue weighted by Crippen LogP contribution is -2.16. The topological polar surface area (TPSA) is 30.5 Å². The number of nitrogens with one attached hydrogen (secondary N) is 1. The molecule has 0 aliphatic carbocycles. The molecular weight excluding hydrogens is 250 g/mol. The zero-order chi connectivity index (χ0) is 13.5. The summed E-state index contributed by atoms with van der Waals surface area (Å²) in [5.74, 6) is 1.22. The van der Waals surface area contributed by atoms with Crippen LogP contribution in [0.5, 0.6) is 11.5 Å². The molecule has 1 aromatic carbocycles. The molecule has 1 rings (SSSR count). The van der Waals surface area contributed by atoms with Crippen LogP contribution in [0.2, 0.25) is 5.02 Å². The van der Waals surface area contributed by atoms with Crippen molar-refractivity contribution in [3.05, 3.63) is 35.4 Å². The van der Waals surface area contributed by atoms with Gasteiger partial charge in [-0.1, -0.05) is 17.7 Å². The third-order valence-electron chi connectivity index (χ3n) is 2.87. The molecule has 18 heavy (non-hydrogen) atoms. The highest BCUT2D eigenvalue weighted by molar-refractivity contribution is 6.32. The molecule has 0 fully saturated rings. The summed E-state index contributed by atoms with van der Waals surface area (Å²) in [5, 5.41) is 3.83. The average molecular weight is 270 g/mol. The molecule has 0 heterocycles. The molecule has 0 spiro atoms. The van der Waals surface area contributed by atoms with E-state index in [0.717, 1.165) is 18.4 Å². The van der Waals surface area contributed by atoms with E-state index in [2.05, 4.69) is 11.9 Å². The molecular formula is C14H20ClNO2. The Hall–Kier alpha value is -1.19. The van der Waals surface area contributed by atoms with E-state index in [1.807, 2.05) is 25.3 Å². The standard InChI is InChI=1S/C14H20ClNO2/c1-5-6-7-12(16-2)10-8-11(15)14(18-4)13(9-10)17-3/h5,8-9,12,16H,1,6-7H2,2-4H3. The summed E-state index contributed by atoms with van der Waals surface area (Å²) in [7, 11) is 5.12. The minimum absolute atomic E-state index is 0.223. The van der Waals surface area contributed by atoms with Gasteiger partial charge in [-0.05, 0) is 37.6 Å². The number of hydrogen-bond acceptors (Lipinski definition) is 3. The molecule has 100 valence electrons. The zero-order valence-electron chi connectivity index (χ0n) is 11.1. The number of allylic oxidation sites excluding steroid dienone is 1. The third kappa shape index (κ3) is 3.40. The first-order chi connectivity index (χ1) is 8.67. The lowest BCUT2D eigenvalue weighted by Gasteiger charge is -2.18. The minimum atomic E-state index is 0.223. The van der Waals surface area contributed by atoms with Gasteiger partial charge in [0, 0.05) is 6.04 Å². The van der Waals surface area contributed by atoms with Gasteiger partial charge in [0.05, 0.1) is 19.2 Å². The van der Waals surface area contributed by atoms with E-state index in [9.17, 15) is 0 Å². The zero-order valence-corrected chi connectivity index (χ0v) is 11.9. The number of rotatable bonds is 7. The van der Waals surface area contributed by atoms with Gasteiger partial charge in [-0.15, -0.1) is 6.58 Å². The van der Waals surface area contributed by atoms with Crippen LogP contribution in [-0.4, -0.2) is 21.3 Å². The summed E-state index contributed by atoms with van der Waals surface area (Å²) in [6.45, 7) is 3.74. The highest BCUT2D eigenvalue weighted by atomic mass is 35.5.